The first-order valence-corrected chi connectivity index (χ1v) is 4.78. The molecule has 0 aromatic heterocycles. The Balaban J connectivity index is 3.56. The van der Waals surface area contributed by atoms with Crippen molar-refractivity contribution in [2.24, 2.45) is 0 Å². The molecule has 0 aromatic carbocycles. The quantitative estimate of drug-likeness (QED) is 0.449. The average molecular weight is 204 g/mol. The molecule has 0 radical (unpaired) electrons. The maximum atomic E-state index is 11.3. The normalized spacial score (nSPS) is 12.5. The molecule has 0 aliphatic heterocycles. The Bertz CT molecular complexity index is 153. The van der Waals surface area contributed by atoms with Gasteiger partial charge in [0.05, 0.1) is 19.3 Å². The molecule has 0 bridgehead atoms. The van der Waals surface area contributed by atoms with Crippen LogP contribution in [0.4, 0.5) is 0 Å². The smallest absolute Gasteiger partial charge is 0.220 e. The first kappa shape index (κ1) is 13.4. The number of carbonyl (C=O) groups excluding carboxylic acids is 1. The molecule has 0 fully saturated rings. The lowest BCUT2D eigenvalue weighted by molar-refractivity contribution is -0.122. The number of aliphatic hydroxyl groups excluding tert-OH is 1. The van der Waals surface area contributed by atoms with Crippen LogP contribution in [0.2, 0.25) is 0 Å². The molecule has 3 N–H and O–H groups in total. The molecule has 0 aliphatic carbocycles. The van der Waals surface area contributed by atoms with Gasteiger partial charge in [-0.05, 0) is 20.0 Å². The maximum Gasteiger partial charge on any atom is 0.220 e. The van der Waals surface area contributed by atoms with E-state index in [4.69, 9.17) is 9.84 Å². The number of carbonyl (C=O) groups is 1. The van der Waals surface area contributed by atoms with Crippen molar-refractivity contribution in [2.75, 3.05) is 33.9 Å². The van der Waals surface area contributed by atoms with Crippen LogP contribution in [0.1, 0.15) is 12.8 Å². The van der Waals surface area contributed by atoms with E-state index in [1.54, 1.807) is 0 Å². The van der Waals surface area contributed by atoms with E-state index >= 15 is 0 Å². The molecular formula is C9H20N2O3. The lowest BCUT2D eigenvalue weighted by atomic mass is 10.2. The van der Waals surface area contributed by atoms with E-state index in [0.29, 0.717) is 13.0 Å². The largest absolute Gasteiger partial charge is 0.394 e. The van der Waals surface area contributed by atoms with Gasteiger partial charge in [-0.1, -0.05) is 0 Å². The predicted molar refractivity (Wildman–Crippen MR) is 54.1 cm³/mol. The molecule has 14 heavy (non-hydrogen) atoms. The van der Waals surface area contributed by atoms with Gasteiger partial charge in [0, 0.05) is 13.5 Å². The molecule has 0 saturated carbocycles. The van der Waals surface area contributed by atoms with Gasteiger partial charge in [-0.3, -0.25) is 4.79 Å². The van der Waals surface area contributed by atoms with Crippen LogP contribution in [0.5, 0.6) is 0 Å². The summed E-state index contributed by atoms with van der Waals surface area (Å²) in [4.78, 5) is 11.3. The highest BCUT2D eigenvalue weighted by Crippen LogP contribution is 1.90. The Hall–Kier alpha value is -0.650. The third-order valence-corrected chi connectivity index (χ3v) is 1.78. The van der Waals surface area contributed by atoms with Gasteiger partial charge in [0.15, 0.2) is 0 Å². The number of methoxy groups -OCH3 is 1. The summed E-state index contributed by atoms with van der Waals surface area (Å²) in [6, 6.07) is -0.290. The Morgan fingerprint density at radius 2 is 2.29 bits per heavy atom. The van der Waals surface area contributed by atoms with Crippen molar-refractivity contribution in [2.45, 2.75) is 18.9 Å². The van der Waals surface area contributed by atoms with E-state index < -0.39 is 0 Å². The lowest BCUT2D eigenvalue weighted by Crippen LogP contribution is -2.40. The van der Waals surface area contributed by atoms with Gasteiger partial charge in [0.1, 0.15) is 0 Å². The van der Waals surface area contributed by atoms with E-state index in [9.17, 15) is 4.79 Å². The minimum atomic E-state index is -0.290. The second-order valence-electron chi connectivity index (χ2n) is 3.11. The second-order valence-corrected chi connectivity index (χ2v) is 3.11. The Morgan fingerprint density at radius 3 is 2.79 bits per heavy atom. The number of nitrogens with one attached hydrogen (secondary N) is 2. The van der Waals surface area contributed by atoms with E-state index in [1.807, 2.05) is 7.05 Å². The molecule has 0 aromatic rings. The van der Waals surface area contributed by atoms with Gasteiger partial charge in [0.25, 0.3) is 0 Å². The van der Waals surface area contributed by atoms with Crippen LogP contribution in [0.15, 0.2) is 0 Å². The highest BCUT2D eigenvalue weighted by molar-refractivity contribution is 5.76. The minimum absolute atomic E-state index is 0.0450. The number of aliphatic hydroxyl groups is 1. The average Bonchev–Trinajstić information content (AvgIpc) is 2.17. The van der Waals surface area contributed by atoms with Crippen LogP contribution < -0.4 is 10.6 Å². The minimum Gasteiger partial charge on any atom is -0.394 e. The molecule has 84 valence electrons. The summed E-state index contributed by atoms with van der Waals surface area (Å²) >= 11 is 0. The van der Waals surface area contributed by atoms with Gasteiger partial charge >= 0.3 is 0 Å². The van der Waals surface area contributed by atoms with Crippen molar-refractivity contribution >= 4 is 5.91 Å². The van der Waals surface area contributed by atoms with E-state index in [-0.39, 0.29) is 18.6 Å². The van der Waals surface area contributed by atoms with Crippen LogP contribution in [0, 0.1) is 0 Å². The van der Waals surface area contributed by atoms with Crippen LogP contribution in [-0.2, 0) is 9.53 Å². The first-order chi connectivity index (χ1) is 6.74. The van der Waals surface area contributed by atoms with Gasteiger partial charge in [0.2, 0.25) is 5.91 Å². The van der Waals surface area contributed by atoms with Crippen LogP contribution in [0.3, 0.4) is 0 Å². The SMILES string of the molecule is CNCCCC(=O)NC(CO)COC. The summed E-state index contributed by atoms with van der Waals surface area (Å²) in [5, 5.41) is 14.5. The molecule has 1 atom stereocenters. The Morgan fingerprint density at radius 1 is 1.57 bits per heavy atom. The van der Waals surface area contributed by atoms with Crippen LogP contribution in [0.25, 0.3) is 0 Å². The number of rotatable bonds is 8. The van der Waals surface area contributed by atoms with Gasteiger partial charge in [-0.15, -0.1) is 0 Å². The molecule has 0 aliphatic rings. The third kappa shape index (κ3) is 6.82. The topological polar surface area (TPSA) is 70.6 Å². The molecule has 1 unspecified atom stereocenters. The molecule has 0 rings (SSSR count). The molecular weight excluding hydrogens is 184 g/mol. The molecule has 5 nitrogen and oxygen atoms in total. The predicted octanol–water partition coefficient (Wildman–Crippen LogP) is -0.890. The standard InChI is InChI=1S/C9H20N2O3/c1-10-5-3-4-9(13)11-8(6-12)7-14-2/h8,10,12H,3-7H2,1-2H3,(H,11,13). The number of ether oxygens (including phenoxy) is 1. The number of amides is 1. The van der Waals surface area contributed by atoms with Crippen molar-refractivity contribution in [1.82, 2.24) is 10.6 Å². The van der Waals surface area contributed by atoms with Crippen molar-refractivity contribution in [1.29, 1.82) is 0 Å². The Labute approximate surface area is 84.8 Å². The summed E-state index contributed by atoms with van der Waals surface area (Å²) in [7, 11) is 3.38. The highest BCUT2D eigenvalue weighted by atomic mass is 16.5. The third-order valence-electron chi connectivity index (χ3n) is 1.78. The zero-order valence-corrected chi connectivity index (χ0v) is 8.88. The fourth-order valence-corrected chi connectivity index (χ4v) is 1.07. The van der Waals surface area contributed by atoms with Gasteiger partial charge in [-0.2, -0.15) is 0 Å². The van der Waals surface area contributed by atoms with Crippen molar-refractivity contribution in [3.8, 4) is 0 Å². The second kappa shape index (κ2) is 8.93. The molecule has 0 heterocycles. The lowest BCUT2D eigenvalue weighted by Gasteiger charge is -2.14. The van der Waals surface area contributed by atoms with Gasteiger partial charge in [-0.25, -0.2) is 0 Å². The molecule has 0 saturated heterocycles. The molecule has 0 spiro atoms. The van der Waals surface area contributed by atoms with Crippen molar-refractivity contribution in [3.05, 3.63) is 0 Å². The van der Waals surface area contributed by atoms with Crippen LogP contribution in [-0.4, -0.2) is 51.0 Å². The summed E-state index contributed by atoms with van der Waals surface area (Å²) in [6.45, 7) is 1.07. The zero-order valence-electron chi connectivity index (χ0n) is 8.88. The number of hydrogen-bond donors (Lipinski definition) is 3. The van der Waals surface area contributed by atoms with E-state index in [1.165, 1.54) is 7.11 Å². The fraction of sp³-hybridized carbons (Fsp3) is 0.889. The van der Waals surface area contributed by atoms with Crippen LogP contribution >= 0.6 is 0 Å². The summed E-state index contributed by atoms with van der Waals surface area (Å²) < 4.78 is 4.83. The zero-order chi connectivity index (χ0) is 10.8. The summed E-state index contributed by atoms with van der Waals surface area (Å²) in [6.07, 6.45) is 1.27. The Kier molecular flexibility index (Phi) is 8.51. The van der Waals surface area contributed by atoms with Gasteiger partial charge < -0.3 is 20.5 Å². The maximum absolute atomic E-state index is 11.3. The summed E-state index contributed by atoms with van der Waals surface area (Å²) in [5.41, 5.74) is 0. The molecule has 1 amide bonds. The van der Waals surface area contributed by atoms with Crippen molar-refractivity contribution < 1.29 is 14.6 Å². The first-order valence-electron chi connectivity index (χ1n) is 4.78. The fourth-order valence-electron chi connectivity index (χ4n) is 1.07. The number of hydrogen-bond acceptors (Lipinski definition) is 4. The monoisotopic (exact) mass is 204 g/mol. The van der Waals surface area contributed by atoms with E-state index in [0.717, 1.165) is 13.0 Å². The van der Waals surface area contributed by atoms with Crippen molar-refractivity contribution in [3.63, 3.8) is 0 Å². The van der Waals surface area contributed by atoms with E-state index in [2.05, 4.69) is 10.6 Å². The summed E-state index contributed by atoms with van der Waals surface area (Å²) in [5.74, 6) is -0.0450. The highest BCUT2D eigenvalue weighted by Gasteiger charge is 2.09. The molecule has 5 heteroatoms.